The number of aromatic nitrogens is 2. The SMILES string of the molecule is CCC(C)(N)c1nc(O)c(-c2ccc(F)cc2)c(=O)[nH]1. The van der Waals surface area contributed by atoms with Crippen LogP contribution in [0.2, 0.25) is 0 Å². The van der Waals surface area contributed by atoms with Gasteiger partial charge in [0, 0.05) is 0 Å². The molecule has 1 aromatic carbocycles. The van der Waals surface area contributed by atoms with Gasteiger partial charge < -0.3 is 15.8 Å². The van der Waals surface area contributed by atoms with Crippen molar-refractivity contribution < 1.29 is 9.50 Å². The second-order valence-corrected chi connectivity index (χ2v) is 4.89. The molecule has 0 radical (unpaired) electrons. The largest absolute Gasteiger partial charge is 0.493 e. The molecule has 0 aliphatic rings. The fourth-order valence-corrected chi connectivity index (χ4v) is 1.78. The maximum absolute atomic E-state index is 12.9. The van der Waals surface area contributed by atoms with E-state index in [-0.39, 0.29) is 11.4 Å². The third-order valence-electron chi connectivity index (χ3n) is 3.31. The molecule has 4 N–H and O–H groups in total. The van der Waals surface area contributed by atoms with Gasteiger partial charge in [0.25, 0.3) is 5.56 Å². The summed E-state index contributed by atoms with van der Waals surface area (Å²) in [4.78, 5) is 18.6. The van der Waals surface area contributed by atoms with Crippen LogP contribution in [-0.4, -0.2) is 15.1 Å². The molecule has 0 saturated heterocycles. The van der Waals surface area contributed by atoms with E-state index in [1.54, 1.807) is 6.92 Å². The maximum atomic E-state index is 12.9. The number of H-pyrrole nitrogens is 1. The molecule has 106 valence electrons. The maximum Gasteiger partial charge on any atom is 0.262 e. The summed E-state index contributed by atoms with van der Waals surface area (Å²) in [5.41, 5.74) is 5.03. The number of hydrogen-bond donors (Lipinski definition) is 3. The highest BCUT2D eigenvalue weighted by Crippen LogP contribution is 2.26. The Hall–Kier alpha value is -2.21. The molecule has 2 aromatic rings. The highest BCUT2D eigenvalue weighted by molar-refractivity contribution is 5.67. The van der Waals surface area contributed by atoms with Gasteiger partial charge in [-0.3, -0.25) is 4.79 Å². The average Bonchev–Trinajstić information content (AvgIpc) is 2.40. The summed E-state index contributed by atoms with van der Waals surface area (Å²) in [7, 11) is 0. The lowest BCUT2D eigenvalue weighted by Crippen LogP contribution is -2.36. The Labute approximate surface area is 115 Å². The minimum atomic E-state index is -0.835. The first-order chi connectivity index (χ1) is 9.35. The van der Waals surface area contributed by atoms with E-state index in [1.807, 2.05) is 6.92 Å². The summed E-state index contributed by atoms with van der Waals surface area (Å²) in [5.74, 6) is -0.622. The quantitative estimate of drug-likeness (QED) is 0.798. The summed E-state index contributed by atoms with van der Waals surface area (Å²) < 4.78 is 12.9. The van der Waals surface area contributed by atoms with Crippen LogP contribution < -0.4 is 11.3 Å². The first-order valence-electron chi connectivity index (χ1n) is 6.23. The number of nitrogens with two attached hydrogens (primary N) is 1. The van der Waals surface area contributed by atoms with Crippen molar-refractivity contribution in [2.75, 3.05) is 0 Å². The lowest BCUT2D eigenvalue weighted by Gasteiger charge is -2.21. The first-order valence-corrected chi connectivity index (χ1v) is 6.23. The smallest absolute Gasteiger partial charge is 0.262 e. The van der Waals surface area contributed by atoms with Crippen molar-refractivity contribution in [2.45, 2.75) is 25.8 Å². The minimum Gasteiger partial charge on any atom is -0.493 e. The topological polar surface area (TPSA) is 92.0 Å². The van der Waals surface area contributed by atoms with E-state index < -0.39 is 22.8 Å². The van der Waals surface area contributed by atoms with Crippen LogP contribution in [0.5, 0.6) is 5.88 Å². The Morgan fingerprint density at radius 3 is 2.50 bits per heavy atom. The number of nitrogens with zero attached hydrogens (tertiary/aromatic N) is 1. The molecule has 6 heteroatoms. The molecule has 0 saturated carbocycles. The molecule has 0 aliphatic heterocycles. The van der Waals surface area contributed by atoms with Crippen LogP contribution in [0.25, 0.3) is 11.1 Å². The van der Waals surface area contributed by atoms with Gasteiger partial charge in [0.2, 0.25) is 5.88 Å². The van der Waals surface area contributed by atoms with Crippen molar-refractivity contribution in [2.24, 2.45) is 5.73 Å². The first kappa shape index (κ1) is 14.2. The summed E-state index contributed by atoms with van der Waals surface area (Å²) in [5, 5.41) is 9.97. The summed E-state index contributed by atoms with van der Waals surface area (Å²) in [6.07, 6.45) is 0.547. The van der Waals surface area contributed by atoms with Gasteiger partial charge in [0.1, 0.15) is 17.2 Å². The van der Waals surface area contributed by atoms with Crippen molar-refractivity contribution >= 4 is 0 Å². The van der Waals surface area contributed by atoms with Gasteiger partial charge in [0.05, 0.1) is 5.54 Å². The third kappa shape index (κ3) is 2.55. The Morgan fingerprint density at radius 1 is 1.40 bits per heavy atom. The van der Waals surface area contributed by atoms with E-state index in [0.29, 0.717) is 12.0 Å². The zero-order valence-corrected chi connectivity index (χ0v) is 11.3. The molecule has 0 spiro atoms. The van der Waals surface area contributed by atoms with Crippen molar-refractivity contribution in [3.63, 3.8) is 0 Å². The van der Waals surface area contributed by atoms with Crippen molar-refractivity contribution in [1.82, 2.24) is 9.97 Å². The van der Waals surface area contributed by atoms with E-state index in [1.165, 1.54) is 24.3 Å². The zero-order valence-electron chi connectivity index (χ0n) is 11.3. The van der Waals surface area contributed by atoms with Crippen LogP contribution in [-0.2, 0) is 5.54 Å². The number of nitrogens with one attached hydrogen (secondary N) is 1. The van der Waals surface area contributed by atoms with Crippen LogP contribution in [0.15, 0.2) is 29.1 Å². The zero-order chi connectivity index (χ0) is 14.9. The average molecular weight is 277 g/mol. The van der Waals surface area contributed by atoms with E-state index in [9.17, 15) is 14.3 Å². The van der Waals surface area contributed by atoms with Crippen LogP contribution >= 0.6 is 0 Å². The van der Waals surface area contributed by atoms with Gasteiger partial charge in [-0.05, 0) is 31.0 Å². The lowest BCUT2D eigenvalue weighted by atomic mass is 9.99. The predicted octanol–water partition coefficient (Wildman–Crippen LogP) is 1.87. The molecule has 2 rings (SSSR count). The van der Waals surface area contributed by atoms with Gasteiger partial charge >= 0.3 is 0 Å². The molecule has 1 unspecified atom stereocenters. The van der Waals surface area contributed by atoms with Crippen molar-refractivity contribution in [3.05, 3.63) is 46.3 Å². The number of benzene rings is 1. The van der Waals surface area contributed by atoms with Crippen molar-refractivity contribution in [3.8, 4) is 17.0 Å². The van der Waals surface area contributed by atoms with Gasteiger partial charge in [-0.2, -0.15) is 4.98 Å². The Morgan fingerprint density at radius 2 is 2.00 bits per heavy atom. The molecule has 0 bridgehead atoms. The normalized spacial score (nSPS) is 14.0. The highest BCUT2D eigenvalue weighted by atomic mass is 19.1. The third-order valence-corrected chi connectivity index (χ3v) is 3.31. The minimum absolute atomic E-state index is 0.000605. The summed E-state index contributed by atoms with van der Waals surface area (Å²) in [6, 6.07) is 5.23. The van der Waals surface area contributed by atoms with Gasteiger partial charge in [-0.25, -0.2) is 4.39 Å². The second kappa shape index (κ2) is 5.05. The van der Waals surface area contributed by atoms with Crippen LogP contribution in [0.1, 0.15) is 26.1 Å². The summed E-state index contributed by atoms with van der Waals surface area (Å²) in [6.45, 7) is 3.56. The van der Waals surface area contributed by atoms with Gasteiger partial charge in [-0.1, -0.05) is 19.1 Å². The molecule has 1 atom stereocenters. The Balaban J connectivity index is 2.58. The van der Waals surface area contributed by atoms with E-state index in [0.717, 1.165) is 0 Å². The molecular weight excluding hydrogens is 261 g/mol. The monoisotopic (exact) mass is 277 g/mol. The van der Waals surface area contributed by atoms with E-state index >= 15 is 0 Å². The highest BCUT2D eigenvalue weighted by Gasteiger charge is 2.24. The van der Waals surface area contributed by atoms with Crippen LogP contribution in [0.3, 0.4) is 0 Å². The number of aromatic hydroxyl groups is 1. The molecule has 5 nitrogen and oxygen atoms in total. The van der Waals surface area contributed by atoms with Crippen molar-refractivity contribution in [1.29, 1.82) is 0 Å². The van der Waals surface area contributed by atoms with E-state index in [2.05, 4.69) is 9.97 Å². The molecule has 0 aliphatic carbocycles. The van der Waals surface area contributed by atoms with Gasteiger partial charge in [-0.15, -0.1) is 0 Å². The van der Waals surface area contributed by atoms with E-state index in [4.69, 9.17) is 5.73 Å². The van der Waals surface area contributed by atoms with Crippen LogP contribution in [0.4, 0.5) is 4.39 Å². The predicted molar refractivity (Wildman–Crippen MR) is 73.7 cm³/mol. The number of halogens is 1. The Kier molecular flexibility index (Phi) is 3.59. The molecule has 0 amide bonds. The molecule has 1 heterocycles. The number of hydrogen-bond acceptors (Lipinski definition) is 4. The number of aromatic amines is 1. The standard InChI is InChI=1S/C14H16FN3O2/c1-3-14(2,16)13-17-11(19)10(12(20)18-13)8-4-6-9(15)7-5-8/h4-7H,3,16H2,1-2H3,(H2,17,18,19,20). The Bertz CT molecular complexity index is 678. The summed E-state index contributed by atoms with van der Waals surface area (Å²) >= 11 is 0. The second-order valence-electron chi connectivity index (χ2n) is 4.89. The molecular formula is C14H16FN3O2. The van der Waals surface area contributed by atoms with Gasteiger partial charge in [0.15, 0.2) is 0 Å². The lowest BCUT2D eigenvalue weighted by molar-refractivity contribution is 0.410. The molecule has 20 heavy (non-hydrogen) atoms. The van der Waals surface area contributed by atoms with Crippen LogP contribution in [0, 0.1) is 5.82 Å². The number of rotatable bonds is 3. The fraction of sp³-hybridized carbons (Fsp3) is 0.286. The molecule has 1 aromatic heterocycles. The fourth-order valence-electron chi connectivity index (χ4n) is 1.78. The molecule has 0 fully saturated rings.